The number of hydrogen-bond acceptors (Lipinski definition) is 6. The van der Waals surface area contributed by atoms with Crippen LogP contribution in [0.2, 0.25) is 0 Å². The van der Waals surface area contributed by atoms with E-state index in [-0.39, 0.29) is 11.9 Å². The number of hydrogen-bond donors (Lipinski definition) is 1. The van der Waals surface area contributed by atoms with Crippen LogP contribution < -0.4 is 14.8 Å². The Morgan fingerprint density at radius 2 is 1.84 bits per heavy atom. The summed E-state index contributed by atoms with van der Waals surface area (Å²) in [5.74, 6) is 2.91. The summed E-state index contributed by atoms with van der Waals surface area (Å²) in [6.07, 6.45) is 5.86. The predicted molar refractivity (Wildman–Crippen MR) is 124 cm³/mol. The maximum Gasteiger partial charge on any atom is 0.230 e. The second-order valence-electron chi connectivity index (χ2n) is 8.43. The summed E-state index contributed by atoms with van der Waals surface area (Å²) < 4.78 is 13.1. The van der Waals surface area contributed by atoms with Gasteiger partial charge in [-0.15, -0.1) is 10.2 Å². The fourth-order valence-corrected chi connectivity index (χ4v) is 4.63. The monoisotopic (exact) mass is 446 g/mol. The van der Waals surface area contributed by atoms with E-state index >= 15 is 0 Å². The second kappa shape index (κ2) is 10.9. The fourth-order valence-electron chi connectivity index (χ4n) is 3.81. The molecule has 1 heterocycles. The molecule has 2 aromatic rings. The summed E-state index contributed by atoms with van der Waals surface area (Å²) in [4.78, 5) is 12.4. The highest BCUT2D eigenvalue weighted by Crippen LogP contribution is 2.38. The number of aromatic nitrogens is 3. The highest BCUT2D eigenvalue weighted by atomic mass is 32.2. The molecule has 1 N–H and O–H groups in total. The van der Waals surface area contributed by atoms with E-state index < -0.39 is 0 Å². The van der Waals surface area contributed by atoms with Gasteiger partial charge in [0.15, 0.2) is 22.5 Å². The summed E-state index contributed by atoms with van der Waals surface area (Å²) in [6, 6.07) is 6.30. The SMILES string of the molecule is COc1ccc(-c2nnc(SCC(=O)N[C@H](C)C(C)C)n2C2CCCCC2)cc1OC. The van der Waals surface area contributed by atoms with Gasteiger partial charge >= 0.3 is 0 Å². The Balaban J connectivity index is 1.87. The minimum absolute atomic E-state index is 0.0251. The normalized spacial score (nSPS) is 15.7. The van der Waals surface area contributed by atoms with E-state index in [1.165, 1.54) is 31.0 Å². The number of carbonyl (C=O) groups excluding carboxylic acids is 1. The standard InChI is InChI=1S/C23H34N4O3S/c1-15(2)16(3)24-21(28)14-31-23-26-25-22(27(23)18-9-7-6-8-10-18)17-11-12-19(29-4)20(13-17)30-5/h11-13,15-16,18H,6-10,14H2,1-5H3,(H,24,28)/t16-/m1/s1. The molecule has 0 saturated heterocycles. The molecule has 8 heteroatoms. The number of benzene rings is 1. The topological polar surface area (TPSA) is 78.3 Å². The average molecular weight is 447 g/mol. The van der Waals surface area contributed by atoms with Crippen LogP contribution >= 0.6 is 11.8 Å². The van der Waals surface area contributed by atoms with Gasteiger partial charge in [-0.25, -0.2) is 0 Å². The first-order valence-corrected chi connectivity index (χ1v) is 12.0. The number of nitrogens with one attached hydrogen (secondary N) is 1. The molecule has 31 heavy (non-hydrogen) atoms. The number of thioether (sulfide) groups is 1. The van der Waals surface area contributed by atoms with Crippen molar-refractivity contribution >= 4 is 17.7 Å². The van der Waals surface area contributed by atoms with Crippen LogP contribution in [0.5, 0.6) is 11.5 Å². The molecule has 0 aliphatic heterocycles. The summed E-state index contributed by atoms with van der Waals surface area (Å²) >= 11 is 1.46. The van der Waals surface area contributed by atoms with E-state index in [2.05, 4.69) is 33.9 Å². The third-order valence-electron chi connectivity index (χ3n) is 5.97. The minimum atomic E-state index is 0.0251. The van der Waals surface area contributed by atoms with Crippen LogP contribution in [-0.2, 0) is 4.79 Å². The molecule has 0 radical (unpaired) electrons. The zero-order valence-corrected chi connectivity index (χ0v) is 20.0. The molecule has 7 nitrogen and oxygen atoms in total. The van der Waals surface area contributed by atoms with Crippen LogP contribution in [0.4, 0.5) is 0 Å². The third-order valence-corrected chi connectivity index (χ3v) is 6.91. The molecule has 0 spiro atoms. The summed E-state index contributed by atoms with van der Waals surface area (Å²) in [7, 11) is 3.26. The van der Waals surface area contributed by atoms with Gasteiger partial charge in [0, 0.05) is 17.6 Å². The van der Waals surface area contributed by atoms with Crippen LogP contribution in [0.1, 0.15) is 58.9 Å². The average Bonchev–Trinajstić information content (AvgIpc) is 3.21. The molecule has 1 aliphatic carbocycles. The van der Waals surface area contributed by atoms with Gasteiger partial charge in [0.1, 0.15) is 0 Å². The molecule has 0 unspecified atom stereocenters. The van der Waals surface area contributed by atoms with E-state index in [9.17, 15) is 4.79 Å². The van der Waals surface area contributed by atoms with Crippen molar-refractivity contribution in [1.29, 1.82) is 0 Å². The second-order valence-corrected chi connectivity index (χ2v) is 9.37. The highest BCUT2D eigenvalue weighted by molar-refractivity contribution is 7.99. The lowest BCUT2D eigenvalue weighted by Gasteiger charge is -2.26. The molecule has 1 amide bonds. The van der Waals surface area contributed by atoms with Crippen LogP contribution in [0.25, 0.3) is 11.4 Å². The molecular formula is C23H34N4O3S. The number of carbonyl (C=O) groups is 1. The van der Waals surface area contributed by atoms with Crippen molar-refractivity contribution < 1.29 is 14.3 Å². The molecule has 170 valence electrons. The zero-order valence-electron chi connectivity index (χ0n) is 19.2. The Morgan fingerprint density at radius 3 is 2.48 bits per heavy atom. The number of methoxy groups -OCH3 is 2. The van der Waals surface area contributed by atoms with Gasteiger partial charge in [-0.1, -0.05) is 44.9 Å². The van der Waals surface area contributed by atoms with Crippen LogP contribution in [0, 0.1) is 5.92 Å². The van der Waals surface area contributed by atoms with Gasteiger partial charge in [0.2, 0.25) is 5.91 Å². The maximum absolute atomic E-state index is 12.4. The first-order chi connectivity index (χ1) is 14.9. The van der Waals surface area contributed by atoms with Crippen molar-refractivity contribution in [2.24, 2.45) is 5.92 Å². The van der Waals surface area contributed by atoms with E-state index in [0.717, 1.165) is 29.4 Å². The lowest BCUT2D eigenvalue weighted by molar-refractivity contribution is -0.119. The first-order valence-electron chi connectivity index (χ1n) is 11.0. The van der Waals surface area contributed by atoms with Gasteiger partial charge in [-0.2, -0.15) is 0 Å². The molecule has 0 bridgehead atoms. The zero-order chi connectivity index (χ0) is 22.4. The smallest absolute Gasteiger partial charge is 0.230 e. The molecule has 1 aliphatic rings. The van der Waals surface area contributed by atoms with Crippen LogP contribution in [0.3, 0.4) is 0 Å². The third kappa shape index (κ3) is 5.73. The van der Waals surface area contributed by atoms with Crippen molar-refractivity contribution in [3.05, 3.63) is 18.2 Å². The van der Waals surface area contributed by atoms with Gasteiger partial charge < -0.3 is 14.8 Å². The highest BCUT2D eigenvalue weighted by Gasteiger charge is 2.25. The molecule has 1 saturated carbocycles. The summed E-state index contributed by atoms with van der Waals surface area (Å²) in [5.41, 5.74) is 0.931. The predicted octanol–water partition coefficient (Wildman–Crippen LogP) is 4.72. The Hall–Kier alpha value is -2.22. The maximum atomic E-state index is 12.4. The summed E-state index contributed by atoms with van der Waals surface area (Å²) in [5, 5.41) is 12.9. The van der Waals surface area contributed by atoms with Crippen molar-refractivity contribution in [3.8, 4) is 22.9 Å². The van der Waals surface area contributed by atoms with Gasteiger partial charge in [0.25, 0.3) is 0 Å². The Labute approximate surface area is 189 Å². The number of amides is 1. The number of nitrogens with zero attached hydrogens (tertiary/aromatic N) is 3. The van der Waals surface area contributed by atoms with Gasteiger partial charge in [-0.3, -0.25) is 9.36 Å². The van der Waals surface area contributed by atoms with Gasteiger partial charge in [0.05, 0.1) is 20.0 Å². The Bertz CT molecular complexity index is 878. The first kappa shape index (κ1) is 23.4. The van der Waals surface area contributed by atoms with Crippen LogP contribution in [0.15, 0.2) is 23.4 Å². The van der Waals surface area contributed by atoms with Gasteiger partial charge in [-0.05, 0) is 43.9 Å². The number of rotatable bonds is 9. The molecule has 1 fully saturated rings. The lowest BCUT2D eigenvalue weighted by Crippen LogP contribution is -2.37. The van der Waals surface area contributed by atoms with Crippen LogP contribution in [-0.4, -0.2) is 46.7 Å². The van der Waals surface area contributed by atoms with Crippen molar-refractivity contribution in [2.75, 3.05) is 20.0 Å². The number of ether oxygens (including phenoxy) is 2. The fraction of sp³-hybridized carbons (Fsp3) is 0.609. The molecule has 1 aromatic carbocycles. The quantitative estimate of drug-likeness (QED) is 0.562. The largest absolute Gasteiger partial charge is 0.493 e. The Morgan fingerprint density at radius 1 is 1.13 bits per heavy atom. The lowest BCUT2D eigenvalue weighted by atomic mass is 9.95. The summed E-state index contributed by atoms with van der Waals surface area (Å²) in [6.45, 7) is 6.24. The van der Waals surface area contributed by atoms with E-state index in [0.29, 0.717) is 29.2 Å². The van der Waals surface area contributed by atoms with E-state index in [4.69, 9.17) is 9.47 Å². The molecular weight excluding hydrogens is 412 g/mol. The van der Waals surface area contributed by atoms with E-state index in [1.54, 1.807) is 14.2 Å². The molecule has 3 rings (SSSR count). The Kier molecular flexibility index (Phi) is 8.23. The van der Waals surface area contributed by atoms with Crippen molar-refractivity contribution in [1.82, 2.24) is 20.1 Å². The molecule has 1 aromatic heterocycles. The minimum Gasteiger partial charge on any atom is -0.493 e. The van der Waals surface area contributed by atoms with E-state index in [1.807, 2.05) is 25.1 Å². The molecule has 1 atom stereocenters. The van der Waals surface area contributed by atoms with Crippen molar-refractivity contribution in [3.63, 3.8) is 0 Å². The van der Waals surface area contributed by atoms with Crippen molar-refractivity contribution in [2.45, 2.75) is 70.1 Å².